The van der Waals surface area contributed by atoms with Gasteiger partial charge in [0.25, 0.3) is 0 Å². The van der Waals surface area contributed by atoms with Gasteiger partial charge in [-0.3, -0.25) is 4.98 Å². The SMILES string of the molecule is COC1CCN(c2c(/C(N)=N/O)cnc3ccccc23)C1. The van der Waals surface area contributed by atoms with E-state index < -0.39 is 0 Å². The number of nitrogens with two attached hydrogens (primary N) is 1. The van der Waals surface area contributed by atoms with Crippen LogP contribution in [0.2, 0.25) is 0 Å². The van der Waals surface area contributed by atoms with Crippen LogP contribution in [0.15, 0.2) is 35.6 Å². The minimum Gasteiger partial charge on any atom is -0.409 e. The van der Waals surface area contributed by atoms with Gasteiger partial charge in [0, 0.05) is 31.8 Å². The van der Waals surface area contributed by atoms with Gasteiger partial charge in [-0.2, -0.15) is 0 Å². The molecule has 110 valence electrons. The molecule has 0 saturated carbocycles. The summed E-state index contributed by atoms with van der Waals surface area (Å²) in [7, 11) is 1.73. The average Bonchev–Trinajstić information content (AvgIpc) is 3.01. The van der Waals surface area contributed by atoms with Crippen molar-refractivity contribution in [3.63, 3.8) is 0 Å². The molecule has 2 aromatic rings. The lowest BCUT2D eigenvalue weighted by Gasteiger charge is -2.23. The molecule has 1 aromatic carbocycles. The minimum atomic E-state index is 0.0733. The molecule has 0 bridgehead atoms. The van der Waals surface area contributed by atoms with E-state index in [1.165, 1.54) is 0 Å². The second-order valence-electron chi connectivity index (χ2n) is 5.12. The van der Waals surface area contributed by atoms with Gasteiger partial charge in [0.1, 0.15) is 0 Å². The molecule has 1 aliphatic rings. The summed E-state index contributed by atoms with van der Waals surface area (Å²) in [6, 6.07) is 7.88. The quantitative estimate of drug-likeness (QED) is 0.387. The zero-order valence-corrected chi connectivity index (χ0v) is 11.9. The number of hydrogen-bond acceptors (Lipinski definition) is 5. The van der Waals surface area contributed by atoms with E-state index in [1.54, 1.807) is 13.3 Å². The molecule has 6 nitrogen and oxygen atoms in total. The van der Waals surface area contributed by atoms with E-state index in [9.17, 15) is 0 Å². The number of oxime groups is 1. The lowest BCUT2D eigenvalue weighted by atomic mass is 10.1. The summed E-state index contributed by atoms with van der Waals surface area (Å²) in [5, 5.41) is 13.1. The largest absolute Gasteiger partial charge is 0.409 e. The number of amidine groups is 1. The van der Waals surface area contributed by atoms with Crippen molar-refractivity contribution in [1.29, 1.82) is 0 Å². The predicted octanol–water partition coefficient (Wildman–Crippen LogP) is 1.55. The predicted molar refractivity (Wildman–Crippen MR) is 81.9 cm³/mol. The van der Waals surface area contributed by atoms with Gasteiger partial charge in [0.2, 0.25) is 0 Å². The Hall–Kier alpha value is -2.34. The fraction of sp³-hybridized carbons (Fsp3) is 0.333. The number of ether oxygens (including phenoxy) is 1. The fourth-order valence-corrected chi connectivity index (χ4v) is 2.83. The van der Waals surface area contributed by atoms with E-state index in [0.717, 1.165) is 36.1 Å². The number of aromatic nitrogens is 1. The summed E-state index contributed by atoms with van der Waals surface area (Å²) in [6.45, 7) is 1.66. The Kier molecular flexibility index (Phi) is 3.62. The molecular formula is C15H18N4O2. The molecule has 0 radical (unpaired) electrons. The lowest BCUT2D eigenvalue weighted by molar-refractivity contribution is 0.121. The van der Waals surface area contributed by atoms with E-state index in [2.05, 4.69) is 15.0 Å². The Morgan fingerprint density at radius 3 is 3.00 bits per heavy atom. The van der Waals surface area contributed by atoms with E-state index in [4.69, 9.17) is 15.7 Å². The first-order valence-corrected chi connectivity index (χ1v) is 6.88. The van der Waals surface area contributed by atoms with E-state index >= 15 is 0 Å². The Morgan fingerprint density at radius 1 is 1.48 bits per heavy atom. The van der Waals surface area contributed by atoms with Gasteiger partial charge in [-0.1, -0.05) is 23.4 Å². The van der Waals surface area contributed by atoms with E-state index in [-0.39, 0.29) is 11.9 Å². The summed E-state index contributed by atoms with van der Waals surface area (Å²) in [4.78, 5) is 6.61. The van der Waals surface area contributed by atoms with Crippen LogP contribution >= 0.6 is 0 Å². The van der Waals surface area contributed by atoms with Crippen LogP contribution in [0.5, 0.6) is 0 Å². The molecule has 6 heteroatoms. The van der Waals surface area contributed by atoms with Gasteiger partial charge < -0.3 is 20.6 Å². The number of hydrogen-bond donors (Lipinski definition) is 2. The number of benzene rings is 1. The first-order valence-electron chi connectivity index (χ1n) is 6.88. The van der Waals surface area contributed by atoms with Crippen molar-refractivity contribution in [2.24, 2.45) is 10.9 Å². The number of methoxy groups -OCH3 is 1. The van der Waals surface area contributed by atoms with Gasteiger partial charge >= 0.3 is 0 Å². The molecule has 1 fully saturated rings. The van der Waals surface area contributed by atoms with Crippen molar-refractivity contribution in [3.8, 4) is 0 Å². The molecule has 2 heterocycles. The summed E-state index contributed by atoms with van der Waals surface area (Å²) >= 11 is 0. The normalized spacial score (nSPS) is 19.4. The number of fused-ring (bicyclic) bond motifs is 1. The molecule has 1 aromatic heterocycles. The Bertz CT molecular complexity index is 686. The zero-order chi connectivity index (χ0) is 14.8. The van der Waals surface area contributed by atoms with Crippen LogP contribution in [0.1, 0.15) is 12.0 Å². The van der Waals surface area contributed by atoms with E-state index in [0.29, 0.717) is 5.56 Å². The van der Waals surface area contributed by atoms with Crippen LogP contribution in [0.25, 0.3) is 10.9 Å². The standard InChI is InChI=1S/C15H18N4O2/c1-21-10-6-7-19(9-10)14-11-4-2-3-5-13(11)17-8-12(14)15(16)18-20/h2-5,8,10,20H,6-7,9H2,1H3,(H2,16,18). The van der Waals surface area contributed by atoms with Gasteiger partial charge in [-0.05, 0) is 12.5 Å². The molecule has 3 rings (SSSR count). The molecule has 1 aliphatic heterocycles. The van der Waals surface area contributed by atoms with Gasteiger partial charge in [-0.15, -0.1) is 0 Å². The molecule has 1 saturated heterocycles. The third-order valence-electron chi connectivity index (χ3n) is 3.93. The monoisotopic (exact) mass is 286 g/mol. The number of para-hydroxylation sites is 1. The summed E-state index contributed by atoms with van der Waals surface area (Å²) < 4.78 is 5.43. The van der Waals surface area contributed by atoms with Gasteiger partial charge in [-0.25, -0.2) is 0 Å². The van der Waals surface area contributed by atoms with Crippen LogP contribution < -0.4 is 10.6 Å². The molecule has 0 spiro atoms. The molecule has 0 aliphatic carbocycles. The zero-order valence-electron chi connectivity index (χ0n) is 11.9. The highest BCUT2D eigenvalue weighted by Crippen LogP contribution is 2.32. The summed E-state index contributed by atoms with van der Waals surface area (Å²) in [6.07, 6.45) is 2.83. The van der Waals surface area contributed by atoms with Crippen molar-refractivity contribution in [1.82, 2.24) is 4.98 Å². The third kappa shape index (κ3) is 2.38. The van der Waals surface area contributed by atoms with Crippen LogP contribution in [0.3, 0.4) is 0 Å². The van der Waals surface area contributed by atoms with Crippen molar-refractivity contribution < 1.29 is 9.94 Å². The Morgan fingerprint density at radius 2 is 2.29 bits per heavy atom. The average molecular weight is 286 g/mol. The summed E-state index contributed by atoms with van der Waals surface area (Å²) in [5.74, 6) is 0.0733. The first kappa shape index (κ1) is 13.6. The molecular weight excluding hydrogens is 268 g/mol. The Balaban J connectivity index is 2.17. The maximum absolute atomic E-state index is 9.02. The summed E-state index contributed by atoms with van der Waals surface area (Å²) in [5.41, 5.74) is 8.31. The van der Waals surface area contributed by atoms with Crippen molar-refractivity contribution in [2.45, 2.75) is 12.5 Å². The fourth-order valence-electron chi connectivity index (χ4n) is 2.83. The molecule has 1 atom stereocenters. The maximum Gasteiger partial charge on any atom is 0.173 e. The van der Waals surface area contributed by atoms with E-state index in [1.807, 2.05) is 24.3 Å². The smallest absolute Gasteiger partial charge is 0.173 e. The maximum atomic E-state index is 9.02. The topological polar surface area (TPSA) is 84.0 Å². The van der Waals surface area contributed by atoms with Crippen molar-refractivity contribution in [3.05, 3.63) is 36.0 Å². The molecule has 21 heavy (non-hydrogen) atoms. The molecule has 0 amide bonds. The first-order chi connectivity index (χ1) is 10.2. The number of anilines is 1. The number of pyridine rings is 1. The third-order valence-corrected chi connectivity index (χ3v) is 3.93. The second-order valence-corrected chi connectivity index (χ2v) is 5.12. The molecule has 1 unspecified atom stereocenters. The lowest BCUT2D eigenvalue weighted by Crippen LogP contribution is -2.26. The van der Waals surface area contributed by atoms with Crippen LogP contribution in [0, 0.1) is 0 Å². The van der Waals surface area contributed by atoms with Crippen molar-refractivity contribution in [2.75, 3.05) is 25.1 Å². The number of nitrogens with zero attached hydrogens (tertiary/aromatic N) is 3. The van der Waals surface area contributed by atoms with Crippen LogP contribution in [0.4, 0.5) is 5.69 Å². The van der Waals surface area contributed by atoms with Crippen LogP contribution in [-0.4, -0.2) is 42.3 Å². The minimum absolute atomic E-state index is 0.0733. The highest BCUT2D eigenvalue weighted by Gasteiger charge is 2.26. The van der Waals surface area contributed by atoms with Gasteiger partial charge in [0.15, 0.2) is 5.84 Å². The second kappa shape index (κ2) is 5.57. The van der Waals surface area contributed by atoms with Crippen LogP contribution in [-0.2, 0) is 4.74 Å². The Labute approximate surface area is 122 Å². The highest BCUT2D eigenvalue weighted by molar-refractivity contribution is 6.08. The molecule has 3 N–H and O–H groups in total. The van der Waals surface area contributed by atoms with Gasteiger partial charge in [0.05, 0.1) is 22.9 Å². The highest BCUT2D eigenvalue weighted by atomic mass is 16.5. The number of rotatable bonds is 3. The van der Waals surface area contributed by atoms with Crippen molar-refractivity contribution >= 4 is 22.4 Å².